The van der Waals surface area contributed by atoms with Gasteiger partial charge in [-0.25, -0.2) is 9.97 Å². The third kappa shape index (κ3) is 7.65. The average molecular weight is 341 g/mol. The lowest BCUT2D eigenvalue weighted by molar-refractivity contribution is 0.329. The van der Waals surface area contributed by atoms with Crippen LogP contribution in [0.15, 0.2) is 48.8 Å². The van der Waals surface area contributed by atoms with E-state index in [4.69, 9.17) is 0 Å². The number of aromatic nitrogens is 2. The standard InChI is InChI=1S/C21H32N4/c1-3-25(21-22-15-11-16-23-21)19-18-24(2)17-10-5-4-7-12-20-13-8-6-9-14-20/h6,8-9,11,13-16H,3-5,7,10,12,17-19H2,1-2H3. The molecule has 2 aromatic rings. The number of aryl methyl sites for hydroxylation is 1. The Hall–Kier alpha value is -1.94. The molecule has 0 amide bonds. The third-order valence-corrected chi connectivity index (χ3v) is 4.57. The molecule has 4 heteroatoms. The first-order chi connectivity index (χ1) is 12.3. The molecule has 1 heterocycles. The molecular formula is C21H32N4. The number of nitrogens with zero attached hydrogens (tertiary/aromatic N) is 4. The van der Waals surface area contributed by atoms with Crippen LogP contribution in [0.2, 0.25) is 0 Å². The maximum absolute atomic E-state index is 4.35. The van der Waals surface area contributed by atoms with Gasteiger partial charge in [-0.15, -0.1) is 0 Å². The van der Waals surface area contributed by atoms with Crippen LogP contribution in [0.25, 0.3) is 0 Å². The normalized spacial score (nSPS) is 11.0. The fourth-order valence-electron chi connectivity index (χ4n) is 2.97. The zero-order chi connectivity index (χ0) is 17.7. The van der Waals surface area contributed by atoms with Crippen LogP contribution in [0, 0.1) is 0 Å². The number of hydrogen-bond donors (Lipinski definition) is 0. The number of hydrogen-bond acceptors (Lipinski definition) is 4. The van der Waals surface area contributed by atoms with Crippen LogP contribution in [0.5, 0.6) is 0 Å². The van der Waals surface area contributed by atoms with Crippen LogP contribution in [-0.2, 0) is 6.42 Å². The minimum atomic E-state index is 0.833. The largest absolute Gasteiger partial charge is 0.340 e. The lowest BCUT2D eigenvalue weighted by atomic mass is 10.1. The van der Waals surface area contributed by atoms with Crippen molar-refractivity contribution in [1.82, 2.24) is 14.9 Å². The van der Waals surface area contributed by atoms with E-state index in [0.29, 0.717) is 0 Å². The van der Waals surface area contributed by atoms with E-state index in [1.54, 1.807) is 0 Å². The van der Waals surface area contributed by atoms with Crippen LogP contribution < -0.4 is 4.90 Å². The fourth-order valence-corrected chi connectivity index (χ4v) is 2.97. The monoisotopic (exact) mass is 340 g/mol. The van der Waals surface area contributed by atoms with Gasteiger partial charge in [-0.05, 0) is 51.4 Å². The Labute approximate surface area is 152 Å². The van der Waals surface area contributed by atoms with Gasteiger partial charge in [0.05, 0.1) is 0 Å². The molecule has 0 unspecified atom stereocenters. The Morgan fingerprint density at radius 2 is 1.52 bits per heavy atom. The smallest absolute Gasteiger partial charge is 0.225 e. The van der Waals surface area contributed by atoms with Crippen molar-refractivity contribution in [2.45, 2.75) is 39.0 Å². The Bertz CT molecular complexity index is 559. The number of unbranched alkanes of at least 4 members (excludes halogenated alkanes) is 3. The minimum Gasteiger partial charge on any atom is -0.340 e. The summed E-state index contributed by atoms with van der Waals surface area (Å²) in [6.45, 7) is 6.29. The summed E-state index contributed by atoms with van der Waals surface area (Å²) in [5.74, 6) is 0.833. The highest BCUT2D eigenvalue weighted by Crippen LogP contribution is 2.08. The number of anilines is 1. The summed E-state index contributed by atoms with van der Waals surface area (Å²) in [4.78, 5) is 13.3. The number of rotatable bonds is 12. The summed E-state index contributed by atoms with van der Waals surface area (Å²) in [5.41, 5.74) is 1.46. The Balaban J connectivity index is 1.54. The lowest BCUT2D eigenvalue weighted by Crippen LogP contribution is -2.34. The zero-order valence-corrected chi connectivity index (χ0v) is 15.8. The third-order valence-electron chi connectivity index (χ3n) is 4.57. The Morgan fingerprint density at radius 1 is 0.800 bits per heavy atom. The molecular weight excluding hydrogens is 308 g/mol. The number of likely N-dealkylation sites (N-methyl/N-ethyl adjacent to an activating group) is 2. The van der Waals surface area contributed by atoms with E-state index in [9.17, 15) is 0 Å². The number of benzene rings is 1. The van der Waals surface area contributed by atoms with Crippen molar-refractivity contribution in [3.05, 3.63) is 54.4 Å². The second-order valence-corrected chi connectivity index (χ2v) is 6.58. The molecule has 0 N–H and O–H groups in total. The molecule has 0 saturated carbocycles. The molecule has 1 aromatic carbocycles. The van der Waals surface area contributed by atoms with Crippen molar-refractivity contribution in [2.24, 2.45) is 0 Å². The van der Waals surface area contributed by atoms with Gasteiger partial charge in [0.2, 0.25) is 5.95 Å². The van der Waals surface area contributed by atoms with E-state index in [-0.39, 0.29) is 0 Å². The maximum atomic E-state index is 4.35. The predicted molar refractivity (Wildman–Crippen MR) is 106 cm³/mol. The van der Waals surface area contributed by atoms with Gasteiger partial charge in [0.1, 0.15) is 0 Å². The van der Waals surface area contributed by atoms with Gasteiger partial charge in [0.15, 0.2) is 0 Å². The average Bonchev–Trinajstić information content (AvgIpc) is 2.67. The van der Waals surface area contributed by atoms with Crippen LogP contribution >= 0.6 is 0 Å². The molecule has 0 aliphatic carbocycles. The van der Waals surface area contributed by atoms with Crippen molar-refractivity contribution in [3.8, 4) is 0 Å². The first-order valence-corrected chi connectivity index (χ1v) is 9.54. The minimum absolute atomic E-state index is 0.833. The molecule has 136 valence electrons. The molecule has 4 nitrogen and oxygen atoms in total. The molecule has 1 aromatic heterocycles. The molecule has 0 saturated heterocycles. The van der Waals surface area contributed by atoms with Gasteiger partial charge in [-0.3, -0.25) is 0 Å². The Kier molecular flexibility index (Phi) is 8.98. The van der Waals surface area contributed by atoms with E-state index >= 15 is 0 Å². The van der Waals surface area contributed by atoms with Gasteiger partial charge in [0.25, 0.3) is 0 Å². The summed E-state index contributed by atoms with van der Waals surface area (Å²) in [7, 11) is 2.21. The van der Waals surface area contributed by atoms with Crippen molar-refractivity contribution >= 4 is 5.95 Å². The van der Waals surface area contributed by atoms with E-state index in [1.165, 1.54) is 44.2 Å². The first kappa shape index (κ1) is 19.4. The highest BCUT2D eigenvalue weighted by atomic mass is 15.3. The topological polar surface area (TPSA) is 32.3 Å². The molecule has 0 aliphatic heterocycles. The molecule has 0 radical (unpaired) electrons. The molecule has 0 spiro atoms. The Morgan fingerprint density at radius 3 is 2.24 bits per heavy atom. The highest BCUT2D eigenvalue weighted by molar-refractivity contribution is 5.27. The molecule has 0 aliphatic rings. The quantitative estimate of drug-likeness (QED) is 0.546. The van der Waals surface area contributed by atoms with Crippen LogP contribution in [-0.4, -0.2) is 48.1 Å². The summed E-state index contributed by atoms with van der Waals surface area (Å²) in [6, 6.07) is 12.7. The van der Waals surface area contributed by atoms with Gasteiger partial charge < -0.3 is 9.80 Å². The molecule has 0 bridgehead atoms. The molecule has 0 atom stereocenters. The van der Waals surface area contributed by atoms with E-state index in [0.717, 1.165) is 25.6 Å². The van der Waals surface area contributed by atoms with Gasteiger partial charge in [0, 0.05) is 32.0 Å². The molecule has 25 heavy (non-hydrogen) atoms. The maximum Gasteiger partial charge on any atom is 0.225 e. The lowest BCUT2D eigenvalue weighted by Gasteiger charge is -2.24. The van der Waals surface area contributed by atoms with Crippen molar-refractivity contribution in [2.75, 3.05) is 38.1 Å². The first-order valence-electron chi connectivity index (χ1n) is 9.54. The van der Waals surface area contributed by atoms with Crippen LogP contribution in [0.3, 0.4) is 0 Å². The SMILES string of the molecule is CCN(CCN(C)CCCCCCc1ccccc1)c1ncccn1. The second-order valence-electron chi connectivity index (χ2n) is 6.58. The van der Waals surface area contributed by atoms with Crippen LogP contribution in [0.1, 0.15) is 38.2 Å². The summed E-state index contributed by atoms with van der Waals surface area (Å²) in [5, 5.41) is 0. The second kappa shape index (κ2) is 11.6. The van der Waals surface area contributed by atoms with Crippen molar-refractivity contribution < 1.29 is 0 Å². The van der Waals surface area contributed by atoms with Gasteiger partial charge >= 0.3 is 0 Å². The summed E-state index contributed by atoms with van der Waals surface area (Å²) >= 11 is 0. The predicted octanol–water partition coefficient (Wildman–Crippen LogP) is 4.04. The van der Waals surface area contributed by atoms with Crippen molar-refractivity contribution in [3.63, 3.8) is 0 Å². The van der Waals surface area contributed by atoms with E-state index in [1.807, 2.05) is 18.5 Å². The summed E-state index contributed by atoms with van der Waals surface area (Å²) in [6.07, 6.45) is 10.0. The zero-order valence-electron chi connectivity index (χ0n) is 15.8. The molecule has 2 rings (SSSR count). The van der Waals surface area contributed by atoms with Gasteiger partial charge in [-0.1, -0.05) is 43.2 Å². The fraction of sp³-hybridized carbons (Fsp3) is 0.524. The van der Waals surface area contributed by atoms with Gasteiger partial charge in [-0.2, -0.15) is 0 Å². The van der Waals surface area contributed by atoms with Crippen molar-refractivity contribution in [1.29, 1.82) is 0 Å². The van der Waals surface area contributed by atoms with E-state index in [2.05, 4.69) is 64.1 Å². The summed E-state index contributed by atoms with van der Waals surface area (Å²) < 4.78 is 0. The molecule has 0 fully saturated rings. The van der Waals surface area contributed by atoms with Crippen LogP contribution in [0.4, 0.5) is 5.95 Å². The van der Waals surface area contributed by atoms with E-state index < -0.39 is 0 Å². The highest BCUT2D eigenvalue weighted by Gasteiger charge is 2.07.